The van der Waals surface area contributed by atoms with Crippen LogP contribution in [0.3, 0.4) is 0 Å². The van der Waals surface area contributed by atoms with Crippen molar-refractivity contribution in [3.05, 3.63) is 33.8 Å². The third kappa shape index (κ3) is 3.87. The van der Waals surface area contributed by atoms with Gasteiger partial charge in [-0.15, -0.1) is 0 Å². The first-order valence-corrected chi connectivity index (χ1v) is 7.17. The maximum absolute atomic E-state index is 11.7. The molecule has 108 valence electrons. The Morgan fingerprint density at radius 3 is 2.55 bits per heavy atom. The summed E-state index contributed by atoms with van der Waals surface area (Å²) in [5.74, 6) is -1.16. The molecule has 1 aliphatic carbocycles. The van der Waals surface area contributed by atoms with Gasteiger partial charge in [-0.05, 0) is 37.0 Å². The number of halogens is 2. The zero-order chi connectivity index (χ0) is 14.7. The highest BCUT2D eigenvalue weighted by Crippen LogP contribution is 2.27. The number of hydrogen-bond donors (Lipinski definition) is 2. The third-order valence-electron chi connectivity index (χ3n) is 3.48. The van der Waals surface area contributed by atoms with E-state index >= 15 is 0 Å². The number of carboxylic acid groups (broad SMARTS) is 1. The van der Waals surface area contributed by atoms with E-state index in [1.807, 2.05) is 6.07 Å². The quantitative estimate of drug-likeness (QED) is 0.878. The number of aryl methyl sites for hydroxylation is 1. The van der Waals surface area contributed by atoms with E-state index in [0.717, 1.165) is 5.56 Å². The summed E-state index contributed by atoms with van der Waals surface area (Å²) in [7, 11) is 0. The molecule has 1 fully saturated rings. The van der Waals surface area contributed by atoms with E-state index in [1.165, 1.54) is 0 Å². The highest BCUT2D eigenvalue weighted by Gasteiger charge is 2.35. The Morgan fingerprint density at radius 1 is 1.25 bits per heavy atom. The normalized spacial score (nSPS) is 21.1. The van der Waals surface area contributed by atoms with Gasteiger partial charge in [0.05, 0.1) is 16.0 Å². The SMILES string of the molecule is O=C(CCc1ccc(Cl)c(Cl)c1)NC1CC(C(=O)O)C1. The average Bonchev–Trinajstić information content (AvgIpc) is 2.34. The van der Waals surface area contributed by atoms with Crippen LogP contribution in [0, 0.1) is 5.92 Å². The topological polar surface area (TPSA) is 66.4 Å². The van der Waals surface area contributed by atoms with Gasteiger partial charge in [-0.1, -0.05) is 29.3 Å². The first-order valence-electron chi connectivity index (χ1n) is 6.42. The minimum atomic E-state index is -0.786. The standard InChI is InChI=1S/C14H15Cl2NO3/c15-11-3-1-8(5-12(11)16)2-4-13(18)17-10-6-9(7-10)14(19)20/h1,3,5,9-10H,2,4,6-7H2,(H,17,18)(H,19,20). The van der Waals surface area contributed by atoms with Gasteiger partial charge in [0.2, 0.25) is 5.91 Å². The first-order chi connectivity index (χ1) is 9.45. The zero-order valence-corrected chi connectivity index (χ0v) is 12.2. The van der Waals surface area contributed by atoms with E-state index in [2.05, 4.69) is 5.32 Å². The molecule has 0 unspecified atom stereocenters. The number of aliphatic carboxylic acids is 1. The van der Waals surface area contributed by atoms with E-state index in [4.69, 9.17) is 28.3 Å². The second-order valence-electron chi connectivity index (χ2n) is 5.02. The van der Waals surface area contributed by atoms with Crippen LogP contribution in [0.2, 0.25) is 10.0 Å². The van der Waals surface area contributed by atoms with Gasteiger partial charge < -0.3 is 10.4 Å². The van der Waals surface area contributed by atoms with Crippen molar-refractivity contribution in [1.29, 1.82) is 0 Å². The molecule has 2 N–H and O–H groups in total. The summed E-state index contributed by atoms with van der Waals surface area (Å²) in [5, 5.41) is 12.6. The number of nitrogens with one attached hydrogen (secondary N) is 1. The van der Waals surface area contributed by atoms with Crippen LogP contribution < -0.4 is 5.32 Å². The maximum atomic E-state index is 11.7. The van der Waals surface area contributed by atoms with Crippen LogP contribution in [0.4, 0.5) is 0 Å². The lowest BCUT2D eigenvalue weighted by Gasteiger charge is -2.32. The molecular formula is C14H15Cl2NO3. The number of carboxylic acids is 1. The van der Waals surface area contributed by atoms with Gasteiger partial charge in [0.1, 0.15) is 0 Å². The van der Waals surface area contributed by atoms with Crippen molar-refractivity contribution in [1.82, 2.24) is 5.32 Å². The number of rotatable bonds is 5. The third-order valence-corrected chi connectivity index (χ3v) is 4.22. The van der Waals surface area contributed by atoms with Crippen molar-refractivity contribution in [2.75, 3.05) is 0 Å². The number of carbonyl (C=O) groups is 2. The molecule has 6 heteroatoms. The second kappa shape index (κ2) is 6.46. The summed E-state index contributed by atoms with van der Waals surface area (Å²) in [6.07, 6.45) is 1.98. The van der Waals surface area contributed by atoms with Gasteiger partial charge in [-0.25, -0.2) is 0 Å². The van der Waals surface area contributed by atoms with Crippen LogP contribution in [-0.2, 0) is 16.0 Å². The highest BCUT2D eigenvalue weighted by atomic mass is 35.5. The molecule has 0 heterocycles. The number of amides is 1. The molecular weight excluding hydrogens is 301 g/mol. The molecule has 1 aliphatic rings. The molecule has 0 saturated heterocycles. The lowest BCUT2D eigenvalue weighted by molar-refractivity contribution is -0.146. The summed E-state index contributed by atoms with van der Waals surface area (Å²) >= 11 is 11.7. The van der Waals surface area contributed by atoms with Gasteiger partial charge in [-0.3, -0.25) is 9.59 Å². The van der Waals surface area contributed by atoms with Crippen LogP contribution in [0.25, 0.3) is 0 Å². The number of carbonyl (C=O) groups excluding carboxylic acids is 1. The first kappa shape index (κ1) is 15.1. The summed E-state index contributed by atoms with van der Waals surface area (Å²) in [6.45, 7) is 0. The Hall–Kier alpha value is -1.26. The minimum absolute atomic E-state index is 0.00240. The van der Waals surface area contributed by atoms with Crippen molar-refractivity contribution in [2.45, 2.75) is 31.7 Å². The molecule has 0 bridgehead atoms. The van der Waals surface area contributed by atoms with Crippen LogP contribution >= 0.6 is 23.2 Å². The van der Waals surface area contributed by atoms with Gasteiger partial charge >= 0.3 is 5.97 Å². The predicted molar refractivity (Wildman–Crippen MR) is 77.1 cm³/mol. The highest BCUT2D eigenvalue weighted by molar-refractivity contribution is 6.42. The van der Waals surface area contributed by atoms with Crippen molar-refractivity contribution >= 4 is 35.1 Å². The van der Waals surface area contributed by atoms with Crippen molar-refractivity contribution in [3.8, 4) is 0 Å². The summed E-state index contributed by atoms with van der Waals surface area (Å²) in [5.41, 5.74) is 0.951. The summed E-state index contributed by atoms with van der Waals surface area (Å²) < 4.78 is 0. The maximum Gasteiger partial charge on any atom is 0.306 e. The minimum Gasteiger partial charge on any atom is -0.481 e. The van der Waals surface area contributed by atoms with E-state index < -0.39 is 5.97 Å². The molecule has 1 aromatic rings. The molecule has 4 nitrogen and oxygen atoms in total. The van der Waals surface area contributed by atoms with Crippen LogP contribution in [-0.4, -0.2) is 23.0 Å². The monoisotopic (exact) mass is 315 g/mol. The van der Waals surface area contributed by atoms with E-state index in [-0.39, 0.29) is 17.9 Å². The molecule has 1 aromatic carbocycles. The molecule has 0 radical (unpaired) electrons. The molecule has 20 heavy (non-hydrogen) atoms. The van der Waals surface area contributed by atoms with E-state index in [0.29, 0.717) is 35.7 Å². The number of hydrogen-bond acceptors (Lipinski definition) is 2. The lowest BCUT2D eigenvalue weighted by atomic mass is 9.80. The smallest absolute Gasteiger partial charge is 0.306 e. The fourth-order valence-corrected chi connectivity index (χ4v) is 2.51. The zero-order valence-electron chi connectivity index (χ0n) is 10.7. The molecule has 1 amide bonds. The predicted octanol–water partition coefficient (Wildman–Crippen LogP) is 2.91. The van der Waals surface area contributed by atoms with E-state index in [1.54, 1.807) is 12.1 Å². The summed E-state index contributed by atoms with van der Waals surface area (Å²) in [6, 6.07) is 5.30. The molecule has 0 atom stereocenters. The van der Waals surface area contributed by atoms with Crippen molar-refractivity contribution < 1.29 is 14.7 Å². The largest absolute Gasteiger partial charge is 0.481 e. The van der Waals surface area contributed by atoms with Gasteiger partial charge in [0.15, 0.2) is 0 Å². The fraction of sp³-hybridized carbons (Fsp3) is 0.429. The molecule has 1 saturated carbocycles. The second-order valence-corrected chi connectivity index (χ2v) is 5.83. The Kier molecular flexibility index (Phi) is 4.89. The van der Waals surface area contributed by atoms with Crippen LogP contribution in [0.15, 0.2) is 18.2 Å². The van der Waals surface area contributed by atoms with Gasteiger partial charge in [0, 0.05) is 12.5 Å². The molecule has 0 spiro atoms. The lowest BCUT2D eigenvalue weighted by Crippen LogP contribution is -2.46. The number of benzene rings is 1. The average molecular weight is 316 g/mol. The molecule has 0 aromatic heterocycles. The Morgan fingerprint density at radius 2 is 1.95 bits per heavy atom. The van der Waals surface area contributed by atoms with Gasteiger partial charge in [-0.2, -0.15) is 0 Å². The molecule has 0 aliphatic heterocycles. The van der Waals surface area contributed by atoms with Crippen molar-refractivity contribution in [3.63, 3.8) is 0 Å². The van der Waals surface area contributed by atoms with Crippen LogP contribution in [0.5, 0.6) is 0 Å². The Bertz CT molecular complexity index is 527. The van der Waals surface area contributed by atoms with Crippen molar-refractivity contribution in [2.24, 2.45) is 5.92 Å². The fourth-order valence-electron chi connectivity index (χ4n) is 2.19. The van der Waals surface area contributed by atoms with Gasteiger partial charge in [0.25, 0.3) is 0 Å². The summed E-state index contributed by atoms with van der Waals surface area (Å²) in [4.78, 5) is 22.4. The van der Waals surface area contributed by atoms with Crippen LogP contribution in [0.1, 0.15) is 24.8 Å². The Balaban J connectivity index is 1.73. The van der Waals surface area contributed by atoms with E-state index in [9.17, 15) is 9.59 Å². The molecule has 2 rings (SSSR count). The Labute approximate surface area is 127 Å².